The van der Waals surface area contributed by atoms with E-state index in [-0.39, 0.29) is 0 Å². The van der Waals surface area contributed by atoms with Crippen LogP contribution in [0.5, 0.6) is 5.75 Å². The van der Waals surface area contributed by atoms with Gasteiger partial charge in [-0.3, -0.25) is 0 Å². The van der Waals surface area contributed by atoms with Gasteiger partial charge in [0.1, 0.15) is 5.75 Å². The summed E-state index contributed by atoms with van der Waals surface area (Å²) in [4.78, 5) is 0. The molecule has 2 rings (SSSR count). The number of hydrogen-bond donors (Lipinski definition) is 1. The minimum absolute atomic E-state index is 0.683. The Bertz CT molecular complexity index is 462. The van der Waals surface area contributed by atoms with Crippen LogP contribution in [0.1, 0.15) is 5.56 Å². The van der Waals surface area contributed by atoms with Crippen LogP contribution < -0.4 is 10.5 Å². The second-order valence-corrected chi connectivity index (χ2v) is 3.67. The summed E-state index contributed by atoms with van der Waals surface area (Å²) in [5, 5.41) is 0. The SMILES string of the molecule is COc1cccc(-n2ccc(CCN)c2)c1. The van der Waals surface area contributed by atoms with Crippen molar-refractivity contribution < 1.29 is 4.74 Å². The van der Waals surface area contributed by atoms with Crippen molar-refractivity contribution in [2.45, 2.75) is 6.42 Å². The van der Waals surface area contributed by atoms with Crippen molar-refractivity contribution in [1.82, 2.24) is 4.57 Å². The van der Waals surface area contributed by atoms with E-state index in [1.807, 2.05) is 24.4 Å². The van der Waals surface area contributed by atoms with Crippen molar-refractivity contribution in [2.75, 3.05) is 13.7 Å². The molecule has 0 saturated heterocycles. The van der Waals surface area contributed by atoms with E-state index in [1.165, 1.54) is 5.56 Å². The fourth-order valence-corrected chi connectivity index (χ4v) is 1.69. The number of aromatic nitrogens is 1. The monoisotopic (exact) mass is 216 g/mol. The van der Waals surface area contributed by atoms with Crippen molar-refractivity contribution >= 4 is 0 Å². The summed E-state index contributed by atoms with van der Waals surface area (Å²) in [6, 6.07) is 10.1. The van der Waals surface area contributed by atoms with E-state index in [0.29, 0.717) is 6.54 Å². The molecule has 2 N–H and O–H groups in total. The smallest absolute Gasteiger partial charge is 0.120 e. The third kappa shape index (κ3) is 2.25. The van der Waals surface area contributed by atoms with Gasteiger partial charge in [-0.25, -0.2) is 0 Å². The van der Waals surface area contributed by atoms with Gasteiger partial charge in [0.05, 0.1) is 7.11 Å². The first-order valence-corrected chi connectivity index (χ1v) is 5.35. The van der Waals surface area contributed by atoms with E-state index in [2.05, 4.69) is 22.9 Å². The molecule has 0 aliphatic rings. The third-order valence-corrected chi connectivity index (χ3v) is 2.54. The zero-order chi connectivity index (χ0) is 11.4. The summed E-state index contributed by atoms with van der Waals surface area (Å²) < 4.78 is 7.27. The first-order chi connectivity index (χ1) is 7.83. The van der Waals surface area contributed by atoms with Crippen LogP contribution in [-0.4, -0.2) is 18.2 Å². The molecule has 0 aliphatic carbocycles. The highest BCUT2D eigenvalue weighted by atomic mass is 16.5. The van der Waals surface area contributed by atoms with E-state index in [1.54, 1.807) is 7.11 Å². The second kappa shape index (κ2) is 4.86. The molecule has 0 radical (unpaired) electrons. The average molecular weight is 216 g/mol. The van der Waals surface area contributed by atoms with Crippen LogP contribution in [0, 0.1) is 0 Å². The van der Waals surface area contributed by atoms with Gasteiger partial charge in [0, 0.05) is 24.1 Å². The van der Waals surface area contributed by atoms with Gasteiger partial charge in [0.2, 0.25) is 0 Å². The van der Waals surface area contributed by atoms with Crippen molar-refractivity contribution in [2.24, 2.45) is 5.73 Å². The lowest BCUT2D eigenvalue weighted by molar-refractivity contribution is 0.414. The van der Waals surface area contributed by atoms with Gasteiger partial charge >= 0.3 is 0 Å². The van der Waals surface area contributed by atoms with Crippen LogP contribution in [0.25, 0.3) is 5.69 Å². The molecule has 84 valence electrons. The summed E-state index contributed by atoms with van der Waals surface area (Å²) in [6.45, 7) is 0.683. The standard InChI is InChI=1S/C13H16N2O/c1-16-13-4-2-3-12(9-13)15-8-6-11(10-15)5-7-14/h2-4,6,8-10H,5,7,14H2,1H3. The van der Waals surface area contributed by atoms with Gasteiger partial charge in [0.25, 0.3) is 0 Å². The van der Waals surface area contributed by atoms with E-state index in [0.717, 1.165) is 17.9 Å². The summed E-state index contributed by atoms with van der Waals surface area (Å²) in [7, 11) is 1.68. The lowest BCUT2D eigenvalue weighted by Gasteiger charge is -2.05. The molecule has 3 nitrogen and oxygen atoms in total. The zero-order valence-electron chi connectivity index (χ0n) is 9.39. The third-order valence-electron chi connectivity index (χ3n) is 2.54. The number of rotatable bonds is 4. The Kier molecular flexibility index (Phi) is 3.27. The Morgan fingerprint density at radius 2 is 2.19 bits per heavy atom. The molecule has 0 spiro atoms. The summed E-state index contributed by atoms with van der Waals surface area (Å²) in [5.74, 6) is 0.867. The van der Waals surface area contributed by atoms with Crippen LogP contribution in [0.2, 0.25) is 0 Å². The molecule has 1 heterocycles. The minimum atomic E-state index is 0.683. The van der Waals surface area contributed by atoms with Gasteiger partial charge < -0.3 is 15.0 Å². The molecule has 0 unspecified atom stereocenters. The molecular formula is C13H16N2O. The predicted octanol–water partition coefficient (Wildman–Crippen LogP) is 1.99. The first-order valence-electron chi connectivity index (χ1n) is 5.35. The van der Waals surface area contributed by atoms with Crippen molar-refractivity contribution in [3.8, 4) is 11.4 Å². The highest BCUT2D eigenvalue weighted by molar-refractivity contribution is 5.40. The topological polar surface area (TPSA) is 40.2 Å². The van der Waals surface area contributed by atoms with Gasteiger partial charge in [0.15, 0.2) is 0 Å². The number of methoxy groups -OCH3 is 1. The van der Waals surface area contributed by atoms with Gasteiger partial charge in [-0.2, -0.15) is 0 Å². The van der Waals surface area contributed by atoms with Crippen molar-refractivity contribution in [3.05, 3.63) is 48.3 Å². The molecule has 0 bridgehead atoms. The van der Waals surface area contributed by atoms with Crippen molar-refractivity contribution in [1.29, 1.82) is 0 Å². The second-order valence-electron chi connectivity index (χ2n) is 3.67. The number of ether oxygens (including phenoxy) is 1. The Morgan fingerprint density at radius 3 is 2.94 bits per heavy atom. The predicted molar refractivity (Wildman–Crippen MR) is 65.1 cm³/mol. The fourth-order valence-electron chi connectivity index (χ4n) is 1.69. The maximum atomic E-state index is 5.52. The minimum Gasteiger partial charge on any atom is -0.497 e. The molecule has 16 heavy (non-hydrogen) atoms. The summed E-state index contributed by atoms with van der Waals surface area (Å²) >= 11 is 0. The normalized spacial score (nSPS) is 10.4. The van der Waals surface area contributed by atoms with Gasteiger partial charge in [-0.1, -0.05) is 6.07 Å². The fraction of sp³-hybridized carbons (Fsp3) is 0.231. The van der Waals surface area contributed by atoms with Gasteiger partial charge in [-0.05, 0) is 36.7 Å². The van der Waals surface area contributed by atoms with Crippen LogP contribution in [0.4, 0.5) is 0 Å². The van der Waals surface area contributed by atoms with Crippen LogP contribution in [0.3, 0.4) is 0 Å². The number of nitrogens with two attached hydrogens (primary N) is 1. The van der Waals surface area contributed by atoms with Crippen LogP contribution in [-0.2, 0) is 6.42 Å². The Morgan fingerprint density at radius 1 is 1.31 bits per heavy atom. The van der Waals surface area contributed by atoms with Crippen molar-refractivity contribution in [3.63, 3.8) is 0 Å². The maximum absolute atomic E-state index is 5.52. The molecular weight excluding hydrogens is 200 g/mol. The average Bonchev–Trinajstić information content (AvgIpc) is 2.78. The number of hydrogen-bond acceptors (Lipinski definition) is 2. The maximum Gasteiger partial charge on any atom is 0.120 e. The summed E-state index contributed by atoms with van der Waals surface area (Å²) in [6.07, 6.45) is 5.05. The highest BCUT2D eigenvalue weighted by Gasteiger charge is 2.00. The molecule has 0 fully saturated rings. The zero-order valence-corrected chi connectivity index (χ0v) is 9.39. The Balaban J connectivity index is 2.27. The lowest BCUT2D eigenvalue weighted by Crippen LogP contribution is -2.01. The molecule has 0 amide bonds. The molecule has 0 aliphatic heterocycles. The van der Waals surface area contributed by atoms with Crippen LogP contribution in [0.15, 0.2) is 42.7 Å². The highest BCUT2D eigenvalue weighted by Crippen LogP contribution is 2.17. The number of benzene rings is 1. The van der Waals surface area contributed by atoms with E-state index in [9.17, 15) is 0 Å². The quantitative estimate of drug-likeness (QED) is 0.849. The van der Waals surface area contributed by atoms with E-state index in [4.69, 9.17) is 10.5 Å². The number of nitrogens with zero attached hydrogens (tertiary/aromatic N) is 1. The molecule has 3 heteroatoms. The van der Waals surface area contributed by atoms with Gasteiger partial charge in [-0.15, -0.1) is 0 Å². The molecule has 0 atom stereocenters. The first kappa shape index (κ1) is 10.8. The van der Waals surface area contributed by atoms with E-state index >= 15 is 0 Å². The Labute approximate surface area is 95.5 Å². The van der Waals surface area contributed by atoms with E-state index < -0.39 is 0 Å². The van der Waals surface area contributed by atoms with Crippen LogP contribution >= 0.6 is 0 Å². The molecule has 0 saturated carbocycles. The lowest BCUT2D eigenvalue weighted by atomic mass is 10.2. The summed E-state index contributed by atoms with van der Waals surface area (Å²) in [5.41, 5.74) is 7.88. The molecule has 1 aromatic carbocycles. The molecule has 2 aromatic rings. The largest absolute Gasteiger partial charge is 0.497 e. The molecule has 1 aromatic heterocycles. The Hall–Kier alpha value is -1.74.